The maximum Gasteiger partial charge on any atom is 0.0992 e. The quantitative estimate of drug-likeness (QED) is 0.167. The van der Waals surface area contributed by atoms with E-state index in [1.165, 1.54) is 54.6 Å². The summed E-state index contributed by atoms with van der Waals surface area (Å²) in [6.07, 6.45) is 0. The molecule has 0 saturated heterocycles. The molecule has 10 aromatic rings. The zero-order chi connectivity index (χ0) is 35.3. The molecule has 0 amide bonds. The smallest absolute Gasteiger partial charge is 0.0992 e. The van der Waals surface area contributed by atoms with E-state index in [9.17, 15) is 5.26 Å². The molecule has 0 saturated carbocycles. The molecule has 1 aromatic heterocycles. The molecule has 0 bridgehead atoms. The van der Waals surface area contributed by atoms with Crippen LogP contribution in [-0.4, -0.2) is 4.57 Å². The van der Waals surface area contributed by atoms with Crippen molar-refractivity contribution in [1.29, 1.82) is 5.26 Å². The first-order chi connectivity index (χ1) is 26.2. The van der Waals surface area contributed by atoms with Gasteiger partial charge < -0.3 is 4.57 Å². The van der Waals surface area contributed by atoms with Crippen LogP contribution < -0.4 is 0 Å². The van der Waals surface area contributed by atoms with Crippen LogP contribution in [0.4, 0.5) is 0 Å². The second kappa shape index (κ2) is 12.5. The lowest BCUT2D eigenvalue weighted by molar-refractivity contribution is 1.18. The van der Waals surface area contributed by atoms with Gasteiger partial charge in [-0.3, -0.25) is 0 Å². The number of fused-ring (bicyclic) bond motifs is 5. The Kier molecular flexibility index (Phi) is 7.23. The minimum absolute atomic E-state index is 0.631. The van der Waals surface area contributed by atoms with Crippen molar-refractivity contribution in [3.05, 3.63) is 200 Å². The number of rotatable bonds is 5. The summed E-state index contributed by atoms with van der Waals surface area (Å²) in [5.74, 6) is 0. The second-order valence-electron chi connectivity index (χ2n) is 13.6. The van der Waals surface area contributed by atoms with Crippen molar-refractivity contribution in [2.24, 2.45) is 0 Å². The summed E-state index contributed by atoms with van der Waals surface area (Å²) >= 11 is 0. The summed E-state index contributed by atoms with van der Waals surface area (Å²) < 4.78 is 2.28. The van der Waals surface area contributed by atoms with Crippen LogP contribution in [0.15, 0.2) is 194 Å². The monoisotopic (exact) mass is 672 g/mol. The van der Waals surface area contributed by atoms with Gasteiger partial charge in [0.15, 0.2) is 0 Å². The van der Waals surface area contributed by atoms with E-state index in [1.807, 2.05) is 12.1 Å². The first kappa shape index (κ1) is 30.6. The van der Waals surface area contributed by atoms with Crippen LogP contribution >= 0.6 is 0 Å². The highest BCUT2D eigenvalue weighted by Crippen LogP contribution is 2.44. The van der Waals surface area contributed by atoms with Crippen molar-refractivity contribution in [2.75, 3.05) is 0 Å². The molecule has 2 heteroatoms. The van der Waals surface area contributed by atoms with Crippen LogP contribution in [0.5, 0.6) is 0 Å². The summed E-state index contributed by atoms with van der Waals surface area (Å²) in [6, 6.07) is 71.5. The van der Waals surface area contributed by atoms with Gasteiger partial charge in [0.1, 0.15) is 0 Å². The Hall–Kier alpha value is -7.21. The van der Waals surface area contributed by atoms with E-state index in [0.717, 1.165) is 39.0 Å². The SMILES string of the molecule is N#Cc1cc(-c2cccc(-c3ccc(-c4c5ccccc5c(-c5ccccc5)c5ccccc45)cc3)c2)cc(-n2c3ccccc3c3ccccc32)c1. The second-order valence-corrected chi connectivity index (χ2v) is 13.6. The zero-order valence-electron chi connectivity index (χ0n) is 28.9. The standard InChI is InChI=1S/C51H32N2/c52-33-34-29-40(32-41(30-34)53-48-23-10-8-17-42(48)43-18-9-11-24-49(43)53)39-16-12-15-38(31-39)35-25-27-37(28-26-35)51-46-21-6-4-19-44(46)50(36-13-2-1-3-14-36)45-20-5-7-22-47(45)51/h1-32H. The van der Waals surface area contributed by atoms with Crippen LogP contribution in [0.2, 0.25) is 0 Å². The van der Waals surface area contributed by atoms with Gasteiger partial charge in [-0.2, -0.15) is 5.26 Å². The molecule has 246 valence electrons. The lowest BCUT2D eigenvalue weighted by Gasteiger charge is -2.18. The Morgan fingerprint density at radius 2 is 0.755 bits per heavy atom. The molecular weight excluding hydrogens is 641 g/mol. The van der Waals surface area contributed by atoms with Crippen molar-refractivity contribution < 1.29 is 0 Å². The lowest BCUT2D eigenvalue weighted by Crippen LogP contribution is -1.96. The molecule has 0 spiro atoms. The third-order valence-electron chi connectivity index (χ3n) is 10.6. The average Bonchev–Trinajstić information content (AvgIpc) is 3.57. The third-order valence-corrected chi connectivity index (χ3v) is 10.6. The lowest BCUT2D eigenvalue weighted by atomic mass is 9.85. The predicted octanol–water partition coefficient (Wildman–Crippen LogP) is 13.6. The highest BCUT2D eigenvalue weighted by molar-refractivity contribution is 6.21. The van der Waals surface area contributed by atoms with E-state index in [2.05, 4.69) is 193 Å². The Labute approximate surface area is 308 Å². The number of nitriles is 1. The van der Waals surface area contributed by atoms with E-state index >= 15 is 0 Å². The molecule has 9 aromatic carbocycles. The Balaban J connectivity index is 1.07. The Morgan fingerprint density at radius 1 is 0.321 bits per heavy atom. The van der Waals surface area contributed by atoms with Gasteiger partial charge in [0.2, 0.25) is 0 Å². The summed E-state index contributed by atoms with van der Waals surface area (Å²) in [5, 5.41) is 17.6. The van der Waals surface area contributed by atoms with E-state index in [4.69, 9.17) is 0 Å². The van der Waals surface area contributed by atoms with Crippen LogP contribution in [0, 0.1) is 11.3 Å². The molecule has 0 aliphatic heterocycles. The highest BCUT2D eigenvalue weighted by Gasteiger charge is 2.17. The Bertz CT molecular complexity index is 2940. The van der Waals surface area contributed by atoms with Gasteiger partial charge in [0.25, 0.3) is 0 Å². The first-order valence-corrected chi connectivity index (χ1v) is 18.0. The number of hydrogen-bond donors (Lipinski definition) is 0. The molecule has 0 radical (unpaired) electrons. The van der Waals surface area contributed by atoms with Crippen molar-refractivity contribution in [3.63, 3.8) is 0 Å². The number of benzene rings is 9. The fourth-order valence-electron chi connectivity index (χ4n) is 8.24. The average molecular weight is 673 g/mol. The highest BCUT2D eigenvalue weighted by atomic mass is 15.0. The van der Waals surface area contributed by atoms with Gasteiger partial charge in [0.05, 0.1) is 22.7 Å². The zero-order valence-corrected chi connectivity index (χ0v) is 28.9. The van der Waals surface area contributed by atoms with Gasteiger partial charge in [-0.25, -0.2) is 0 Å². The van der Waals surface area contributed by atoms with Gasteiger partial charge >= 0.3 is 0 Å². The largest absolute Gasteiger partial charge is 0.309 e. The molecule has 0 atom stereocenters. The Morgan fingerprint density at radius 3 is 1.30 bits per heavy atom. The van der Waals surface area contributed by atoms with Crippen LogP contribution in [-0.2, 0) is 0 Å². The third kappa shape index (κ3) is 5.10. The topological polar surface area (TPSA) is 28.7 Å². The number of aromatic nitrogens is 1. The molecule has 1 heterocycles. The molecule has 0 fully saturated rings. The summed E-state index contributed by atoms with van der Waals surface area (Å²) in [4.78, 5) is 0. The summed E-state index contributed by atoms with van der Waals surface area (Å²) in [6.45, 7) is 0. The van der Waals surface area contributed by atoms with E-state index in [-0.39, 0.29) is 0 Å². The molecule has 53 heavy (non-hydrogen) atoms. The molecule has 0 aliphatic carbocycles. The van der Waals surface area contributed by atoms with Gasteiger partial charge in [0, 0.05) is 16.5 Å². The van der Waals surface area contributed by atoms with Gasteiger partial charge in [-0.1, -0.05) is 158 Å². The molecule has 0 N–H and O–H groups in total. The van der Waals surface area contributed by atoms with E-state index < -0.39 is 0 Å². The maximum absolute atomic E-state index is 10.2. The fraction of sp³-hybridized carbons (Fsp3) is 0. The van der Waals surface area contributed by atoms with E-state index in [0.29, 0.717) is 5.56 Å². The normalized spacial score (nSPS) is 11.4. The number of para-hydroxylation sites is 2. The maximum atomic E-state index is 10.2. The van der Waals surface area contributed by atoms with Crippen molar-refractivity contribution >= 4 is 43.4 Å². The van der Waals surface area contributed by atoms with E-state index in [1.54, 1.807) is 0 Å². The molecule has 10 rings (SSSR count). The molecule has 2 nitrogen and oxygen atoms in total. The van der Waals surface area contributed by atoms with Crippen LogP contribution in [0.3, 0.4) is 0 Å². The summed E-state index contributed by atoms with van der Waals surface area (Å²) in [5.41, 5.74) is 13.1. The number of hydrogen-bond acceptors (Lipinski definition) is 1. The van der Waals surface area contributed by atoms with Crippen LogP contribution in [0.1, 0.15) is 5.56 Å². The first-order valence-electron chi connectivity index (χ1n) is 18.0. The molecule has 0 aliphatic rings. The van der Waals surface area contributed by atoms with Crippen LogP contribution in [0.25, 0.3) is 93.5 Å². The van der Waals surface area contributed by atoms with Crippen molar-refractivity contribution in [2.45, 2.75) is 0 Å². The van der Waals surface area contributed by atoms with Crippen molar-refractivity contribution in [3.8, 4) is 56.3 Å². The minimum atomic E-state index is 0.631. The summed E-state index contributed by atoms with van der Waals surface area (Å²) in [7, 11) is 0. The van der Waals surface area contributed by atoms with Gasteiger partial charge in [-0.05, 0) is 102 Å². The molecular formula is C51H32N2. The number of nitrogens with zero attached hydrogens (tertiary/aromatic N) is 2. The minimum Gasteiger partial charge on any atom is -0.309 e. The predicted molar refractivity (Wildman–Crippen MR) is 222 cm³/mol. The van der Waals surface area contributed by atoms with Crippen molar-refractivity contribution in [1.82, 2.24) is 4.57 Å². The fourth-order valence-corrected chi connectivity index (χ4v) is 8.24. The van der Waals surface area contributed by atoms with Gasteiger partial charge in [-0.15, -0.1) is 0 Å². The molecule has 0 unspecified atom stereocenters.